The lowest BCUT2D eigenvalue weighted by Crippen LogP contribution is -2.44. The third-order valence-electron chi connectivity index (χ3n) is 4.00. The number of benzene rings is 1. The fourth-order valence-corrected chi connectivity index (χ4v) is 2.19. The molecule has 7 nitrogen and oxygen atoms in total. The molecule has 0 aromatic heterocycles. The average molecular weight is 369 g/mol. The van der Waals surface area contributed by atoms with Gasteiger partial charge in [-0.25, -0.2) is 0 Å². The summed E-state index contributed by atoms with van der Waals surface area (Å²) < 4.78 is 24.3. The number of carbonyl (C=O) groups excluding carboxylic acids is 2. The average Bonchev–Trinajstić information content (AvgIpc) is 2.60. The molecule has 0 radical (unpaired) electrons. The van der Waals surface area contributed by atoms with E-state index >= 15 is 0 Å². The van der Waals surface area contributed by atoms with Gasteiger partial charge in [-0.1, -0.05) is 32.8 Å². The molecule has 0 aliphatic heterocycles. The minimum absolute atomic E-state index is 0.0522. The van der Waals surface area contributed by atoms with Gasteiger partial charge in [-0.3, -0.25) is 19.7 Å². The largest absolute Gasteiger partial charge is 0.465 e. The zero-order valence-electron chi connectivity index (χ0n) is 15.2. The molecule has 0 aliphatic carbocycles. The molecule has 0 bridgehead atoms. The Bertz CT molecular complexity index is 639. The Morgan fingerprint density at radius 3 is 2.00 bits per heavy atom. The molecule has 0 amide bonds. The monoisotopic (exact) mass is 369 g/mol. The topological polar surface area (TPSA) is 95.7 Å². The molecule has 0 N–H and O–H groups in total. The van der Waals surface area contributed by atoms with Crippen LogP contribution in [0, 0.1) is 15.9 Å². The van der Waals surface area contributed by atoms with Gasteiger partial charge in [0.15, 0.2) is 5.41 Å². The first-order valence-electron chi connectivity index (χ1n) is 8.57. The smallest absolute Gasteiger partial charge is 0.327 e. The van der Waals surface area contributed by atoms with Crippen LogP contribution < -0.4 is 0 Å². The summed E-state index contributed by atoms with van der Waals surface area (Å²) in [5.41, 5.74) is -2.70. The number of rotatable bonds is 10. The summed E-state index contributed by atoms with van der Waals surface area (Å²) in [6.45, 7) is 5.33. The number of ether oxygens (including phenoxy) is 2. The molecule has 0 aliphatic rings. The fourth-order valence-electron chi connectivity index (χ4n) is 2.19. The molecule has 1 aromatic carbocycles. The molecule has 0 saturated carbocycles. The number of hydrogen-bond donors (Lipinski definition) is 0. The van der Waals surface area contributed by atoms with Crippen molar-refractivity contribution in [2.45, 2.75) is 51.9 Å². The Labute approximate surface area is 151 Å². The Balaban J connectivity index is 3.21. The number of esters is 2. The van der Waals surface area contributed by atoms with E-state index in [1.54, 1.807) is 0 Å². The van der Waals surface area contributed by atoms with Crippen LogP contribution in [0.5, 0.6) is 0 Å². The van der Waals surface area contributed by atoms with Crippen LogP contribution in [-0.4, -0.2) is 30.1 Å². The van der Waals surface area contributed by atoms with Gasteiger partial charge in [-0.15, -0.1) is 0 Å². The van der Waals surface area contributed by atoms with E-state index in [9.17, 15) is 24.1 Å². The summed E-state index contributed by atoms with van der Waals surface area (Å²) in [6.07, 6.45) is 2.80. The number of unbranched alkanes of at least 4 members (excludes halogenated alkanes) is 2. The van der Waals surface area contributed by atoms with Crippen molar-refractivity contribution in [2.24, 2.45) is 0 Å². The van der Waals surface area contributed by atoms with Crippen molar-refractivity contribution in [2.75, 3.05) is 13.2 Å². The summed E-state index contributed by atoms with van der Waals surface area (Å²) in [5, 5.41) is 10.8. The van der Waals surface area contributed by atoms with Crippen LogP contribution in [0.3, 0.4) is 0 Å². The first kappa shape index (κ1) is 21.5. The number of nitro groups is 1. The molecule has 0 spiro atoms. The van der Waals surface area contributed by atoms with E-state index in [2.05, 4.69) is 0 Å². The van der Waals surface area contributed by atoms with Gasteiger partial charge >= 0.3 is 17.6 Å². The highest BCUT2D eigenvalue weighted by molar-refractivity contribution is 6.05. The standard InChI is InChI=1S/C18H24FNO6/c1-4-6-10-25-16(21)18(3,17(22)26-11-7-5-2)13-8-9-15(20(23)24)14(19)12-13/h8-9,12H,4-7,10-11H2,1-3H3. The van der Waals surface area contributed by atoms with Crippen LogP contribution in [0.15, 0.2) is 18.2 Å². The first-order valence-corrected chi connectivity index (χ1v) is 8.57. The molecule has 1 rings (SSSR count). The maximum Gasteiger partial charge on any atom is 0.327 e. The van der Waals surface area contributed by atoms with Crippen molar-refractivity contribution >= 4 is 17.6 Å². The second-order valence-electron chi connectivity index (χ2n) is 6.03. The normalized spacial score (nSPS) is 11.1. The van der Waals surface area contributed by atoms with Crippen molar-refractivity contribution < 1.29 is 28.4 Å². The second kappa shape index (κ2) is 9.84. The van der Waals surface area contributed by atoms with E-state index in [1.165, 1.54) is 13.0 Å². The lowest BCUT2D eigenvalue weighted by atomic mass is 9.82. The van der Waals surface area contributed by atoms with E-state index in [-0.39, 0.29) is 18.8 Å². The SMILES string of the molecule is CCCCOC(=O)C(C)(C(=O)OCCCC)c1ccc([N+](=O)[O-])c(F)c1. The van der Waals surface area contributed by atoms with Gasteiger partial charge in [0.1, 0.15) is 0 Å². The summed E-state index contributed by atoms with van der Waals surface area (Å²) in [6, 6.07) is 2.89. The molecule has 26 heavy (non-hydrogen) atoms. The summed E-state index contributed by atoms with van der Waals surface area (Å²) >= 11 is 0. The third-order valence-corrected chi connectivity index (χ3v) is 4.00. The van der Waals surface area contributed by atoms with Gasteiger partial charge in [0.25, 0.3) is 0 Å². The highest BCUT2D eigenvalue weighted by atomic mass is 19.1. The number of nitrogens with zero attached hydrogens (tertiary/aromatic N) is 1. The Hall–Kier alpha value is -2.51. The van der Waals surface area contributed by atoms with E-state index in [0.717, 1.165) is 25.0 Å². The van der Waals surface area contributed by atoms with E-state index in [1.807, 2.05) is 13.8 Å². The van der Waals surface area contributed by atoms with Crippen molar-refractivity contribution in [3.63, 3.8) is 0 Å². The molecule has 0 unspecified atom stereocenters. The lowest BCUT2D eigenvalue weighted by Gasteiger charge is -2.26. The summed E-state index contributed by atoms with van der Waals surface area (Å²) in [4.78, 5) is 35.0. The molecular weight excluding hydrogens is 345 g/mol. The van der Waals surface area contributed by atoms with Crippen LogP contribution in [0.2, 0.25) is 0 Å². The predicted octanol–water partition coefficient (Wildman–Crippen LogP) is 3.68. The number of halogens is 1. The predicted molar refractivity (Wildman–Crippen MR) is 92.1 cm³/mol. The van der Waals surface area contributed by atoms with Crippen LogP contribution >= 0.6 is 0 Å². The number of nitro benzene ring substituents is 1. The van der Waals surface area contributed by atoms with Gasteiger partial charge in [0.05, 0.1) is 18.1 Å². The van der Waals surface area contributed by atoms with Crippen molar-refractivity contribution in [3.05, 3.63) is 39.7 Å². The van der Waals surface area contributed by atoms with Crippen molar-refractivity contribution in [3.8, 4) is 0 Å². The number of carbonyl (C=O) groups is 2. The van der Waals surface area contributed by atoms with E-state index in [4.69, 9.17) is 9.47 Å². The van der Waals surface area contributed by atoms with Gasteiger partial charge in [0.2, 0.25) is 5.82 Å². The molecule has 0 heterocycles. The van der Waals surface area contributed by atoms with Crippen LogP contribution in [0.1, 0.15) is 52.0 Å². The minimum atomic E-state index is -1.91. The molecule has 8 heteroatoms. The lowest BCUT2D eigenvalue weighted by molar-refractivity contribution is -0.387. The van der Waals surface area contributed by atoms with Crippen molar-refractivity contribution in [1.29, 1.82) is 0 Å². The molecule has 1 aromatic rings. The molecule has 144 valence electrons. The number of hydrogen-bond acceptors (Lipinski definition) is 6. The quantitative estimate of drug-likeness (QED) is 0.205. The Kier molecular flexibility index (Phi) is 8.15. The van der Waals surface area contributed by atoms with Crippen LogP contribution in [0.4, 0.5) is 10.1 Å². The van der Waals surface area contributed by atoms with Gasteiger partial charge in [-0.05, 0) is 31.4 Å². The van der Waals surface area contributed by atoms with E-state index in [0.29, 0.717) is 12.8 Å². The highest BCUT2D eigenvalue weighted by Gasteiger charge is 2.47. The fraction of sp³-hybridized carbons (Fsp3) is 0.556. The molecule has 0 atom stereocenters. The molecule has 0 fully saturated rings. The van der Waals surface area contributed by atoms with E-state index < -0.39 is 33.8 Å². The minimum Gasteiger partial charge on any atom is -0.465 e. The summed E-state index contributed by atoms with van der Waals surface area (Å²) in [5.74, 6) is -2.89. The zero-order valence-corrected chi connectivity index (χ0v) is 15.2. The Morgan fingerprint density at radius 2 is 1.62 bits per heavy atom. The van der Waals surface area contributed by atoms with Crippen LogP contribution in [-0.2, 0) is 24.5 Å². The van der Waals surface area contributed by atoms with Gasteiger partial charge in [-0.2, -0.15) is 4.39 Å². The van der Waals surface area contributed by atoms with Crippen LogP contribution in [0.25, 0.3) is 0 Å². The molecule has 0 saturated heterocycles. The third kappa shape index (κ3) is 5.00. The van der Waals surface area contributed by atoms with Gasteiger partial charge in [0, 0.05) is 6.07 Å². The highest BCUT2D eigenvalue weighted by Crippen LogP contribution is 2.31. The van der Waals surface area contributed by atoms with Crippen molar-refractivity contribution in [1.82, 2.24) is 0 Å². The molecular formula is C18H24FNO6. The van der Waals surface area contributed by atoms with Gasteiger partial charge < -0.3 is 9.47 Å². The summed E-state index contributed by atoms with van der Waals surface area (Å²) in [7, 11) is 0. The maximum atomic E-state index is 14.0. The Morgan fingerprint density at radius 1 is 1.12 bits per heavy atom. The first-order chi connectivity index (χ1) is 12.3. The second-order valence-corrected chi connectivity index (χ2v) is 6.03. The zero-order chi connectivity index (χ0) is 19.7. The maximum absolute atomic E-state index is 14.0.